The minimum Gasteiger partial charge on any atom is -0.273 e. The monoisotopic (exact) mass is 315 g/mol. The molecule has 104 valence electrons. The Morgan fingerprint density at radius 3 is 2.62 bits per heavy atom. The van der Waals surface area contributed by atoms with Crippen LogP contribution in [0, 0.1) is 5.41 Å². The molecule has 3 rings (SSSR count). The summed E-state index contributed by atoms with van der Waals surface area (Å²) < 4.78 is 1.88. The van der Waals surface area contributed by atoms with Gasteiger partial charge < -0.3 is 0 Å². The van der Waals surface area contributed by atoms with Crippen LogP contribution in [-0.4, -0.2) is 10.9 Å². The van der Waals surface area contributed by atoms with Crippen LogP contribution in [0.1, 0.15) is 5.56 Å². The van der Waals surface area contributed by atoms with E-state index in [2.05, 4.69) is 5.10 Å². The minimum absolute atomic E-state index is 0.0870. The van der Waals surface area contributed by atoms with Crippen LogP contribution in [0.2, 0.25) is 5.02 Å². The molecule has 0 saturated carbocycles. The first-order valence-corrected chi connectivity index (χ1v) is 7.34. The quantitative estimate of drug-likeness (QED) is 0.726. The van der Waals surface area contributed by atoms with Gasteiger partial charge in [0.15, 0.2) is 0 Å². The molecule has 0 fully saturated rings. The highest BCUT2D eigenvalue weighted by molar-refractivity contribution is 7.15. The molecule has 21 heavy (non-hydrogen) atoms. The lowest BCUT2D eigenvalue weighted by Gasteiger charge is -2.01. The molecular weight excluding hydrogens is 306 g/mol. The second-order valence-electron chi connectivity index (χ2n) is 4.32. The number of hydrogen-bond donors (Lipinski definition) is 1. The molecule has 0 aliphatic heterocycles. The largest absolute Gasteiger partial charge is 0.282 e. The van der Waals surface area contributed by atoms with E-state index < -0.39 is 0 Å². The Balaban J connectivity index is 2.10. The van der Waals surface area contributed by atoms with E-state index in [0.29, 0.717) is 10.4 Å². The van der Waals surface area contributed by atoms with Crippen molar-refractivity contribution in [3.63, 3.8) is 0 Å². The van der Waals surface area contributed by atoms with Gasteiger partial charge in [-0.05, 0) is 29.8 Å². The van der Waals surface area contributed by atoms with E-state index in [0.717, 1.165) is 14.9 Å². The van der Waals surface area contributed by atoms with Gasteiger partial charge in [-0.3, -0.25) is 10.2 Å². The van der Waals surface area contributed by atoms with Crippen LogP contribution >= 0.6 is 22.9 Å². The van der Waals surface area contributed by atoms with Gasteiger partial charge in [-0.1, -0.05) is 47.2 Å². The Bertz CT molecular complexity index is 942. The molecule has 4 nitrogen and oxygen atoms in total. The van der Waals surface area contributed by atoms with Gasteiger partial charge >= 0.3 is 0 Å². The number of rotatable bonds is 2. The van der Waals surface area contributed by atoms with Crippen LogP contribution in [0.15, 0.2) is 58.4 Å². The Labute approximate surface area is 129 Å². The van der Waals surface area contributed by atoms with Crippen molar-refractivity contribution in [2.45, 2.75) is 0 Å². The van der Waals surface area contributed by atoms with E-state index >= 15 is 0 Å². The summed E-state index contributed by atoms with van der Waals surface area (Å²) in [5, 5.41) is 13.3. The first-order valence-electron chi connectivity index (χ1n) is 6.14. The van der Waals surface area contributed by atoms with Crippen molar-refractivity contribution < 1.29 is 0 Å². The Morgan fingerprint density at radius 2 is 1.86 bits per heavy atom. The average molecular weight is 316 g/mol. The van der Waals surface area contributed by atoms with Crippen LogP contribution in [0.5, 0.6) is 0 Å². The van der Waals surface area contributed by atoms with E-state index in [1.807, 2.05) is 12.1 Å². The van der Waals surface area contributed by atoms with Crippen LogP contribution in [0.4, 0.5) is 0 Å². The third kappa shape index (κ3) is 2.79. The lowest BCUT2D eigenvalue weighted by molar-refractivity contribution is 0.794. The van der Waals surface area contributed by atoms with Crippen LogP contribution < -0.4 is 10.4 Å². The summed E-state index contributed by atoms with van der Waals surface area (Å²) in [5.41, 5.74) is 0.517. The fourth-order valence-corrected chi connectivity index (χ4v) is 2.83. The summed E-state index contributed by atoms with van der Waals surface area (Å²) in [7, 11) is 0. The molecule has 0 radical (unpaired) electrons. The van der Waals surface area contributed by atoms with Crippen molar-refractivity contribution in [3.8, 4) is 0 Å². The number of nitrogens with zero attached hydrogens (tertiary/aromatic N) is 2. The van der Waals surface area contributed by atoms with Crippen molar-refractivity contribution in [3.05, 3.63) is 74.3 Å². The molecule has 6 heteroatoms. The first-order chi connectivity index (χ1) is 10.1. The lowest BCUT2D eigenvalue weighted by atomic mass is 10.2. The van der Waals surface area contributed by atoms with Gasteiger partial charge in [-0.25, -0.2) is 0 Å². The minimum atomic E-state index is -0.292. The van der Waals surface area contributed by atoms with Crippen molar-refractivity contribution in [2.24, 2.45) is 5.10 Å². The summed E-state index contributed by atoms with van der Waals surface area (Å²) in [6, 6.07) is 14.3. The molecular formula is C15H10ClN3OS. The lowest BCUT2D eigenvalue weighted by Crippen LogP contribution is -2.27. The fraction of sp³-hybridized carbons (Fsp3) is 0. The highest BCUT2D eigenvalue weighted by Crippen LogP contribution is 2.11. The number of benzene rings is 2. The molecule has 0 aliphatic rings. The summed E-state index contributed by atoms with van der Waals surface area (Å²) in [5.74, 6) is 0. The molecule has 0 atom stereocenters. The zero-order valence-electron chi connectivity index (χ0n) is 10.8. The molecule has 0 amide bonds. The maximum Gasteiger partial charge on any atom is 0.282 e. The molecule has 1 aromatic heterocycles. The number of halogens is 1. The molecule has 0 unspecified atom stereocenters. The van der Waals surface area contributed by atoms with E-state index in [4.69, 9.17) is 17.0 Å². The molecule has 0 saturated heterocycles. The number of aromatic nitrogens is 1. The molecule has 0 bridgehead atoms. The normalized spacial score (nSPS) is 11.3. The van der Waals surface area contributed by atoms with E-state index in [9.17, 15) is 4.79 Å². The maximum absolute atomic E-state index is 12.3. The van der Waals surface area contributed by atoms with Crippen molar-refractivity contribution >= 4 is 39.2 Å². The summed E-state index contributed by atoms with van der Waals surface area (Å²) >= 11 is 7.03. The smallest absolute Gasteiger partial charge is 0.273 e. The van der Waals surface area contributed by atoms with Gasteiger partial charge in [-0.15, -0.1) is 0 Å². The van der Waals surface area contributed by atoms with Crippen LogP contribution in [0.25, 0.3) is 10.1 Å². The first kappa shape index (κ1) is 13.7. The summed E-state index contributed by atoms with van der Waals surface area (Å²) in [4.78, 5) is 12.4. The van der Waals surface area contributed by atoms with Gasteiger partial charge in [0.05, 0.1) is 11.6 Å². The highest BCUT2D eigenvalue weighted by Gasteiger charge is 2.04. The number of nitrogens with one attached hydrogen (secondary N) is 1. The molecule has 0 spiro atoms. The van der Waals surface area contributed by atoms with E-state index in [1.165, 1.54) is 17.6 Å². The third-order valence-electron chi connectivity index (χ3n) is 2.90. The van der Waals surface area contributed by atoms with Crippen LogP contribution in [-0.2, 0) is 0 Å². The second kappa shape index (κ2) is 5.63. The Morgan fingerprint density at radius 1 is 1.14 bits per heavy atom. The van der Waals surface area contributed by atoms with Gasteiger partial charge in [0, 0.05) is 9.72 Å². The van der Waals surface area contributed by atoms with Gasteiger partial charge in [0.25, 0.3) is 5.56 Å². The van der Waals surface area contributed by atoms with E-state index in [-0.39, 0.29) is 10.4 Å². The molecule has 1 heterocycles. The number of fused-ring (bicyclic) bond motifs is 1. The SMILES string of the molecule is N=c1sc2ccccc2c(=O)n1/N=C/c1ccc(Cl)cc1. The molecule has 3 aromatic rings. The summed E-state index contributed by atoms with van der Waals surface area (Å²) in [6.07, 6.45) is 1.54. The topological polar surface area (TPSA) is 58.2 Å². The fourth-order valence-electron chi connectivity index (χ4n) is 1.86. The van der Waals surface area contributed by atoms with Crippen molar-refractivity contribution in [1.82, 2.24) is 4.68 Å². The molecule has 2 aromatic carbocycles. The predicted molar refractivity (Wildman–Crippen MR) is 86.4 cm³/mol. The zero-order chi connectivity index (χ0) is 14.8. The Kier molecular flexibility index (Phi) is 3.68. The second-order valence-corrected chi connectivity index (χ2v) is 5.78. The standard InChI is InChI=1S/C15H10ClN3OS/c16-11-7-5-10(6-8-11)9-18-19-14(20)12-3-1-2-4-13(12)21-15(19)17/h1-9,17H/b17-15?,18-9+. The molecule has 1 N–H and O–H groups in total. The highest BCUT2D eigenvalue weighted by atomic mass is 35.5. The third-order valence-corrected chi connectivity index (χ3v) is 4.10. The van der Waals surface area contributed by atoms with Gasteiger partial charge in [0.2, 0.25) is 4.80 Å². The predicted octanol–water partition coefficient (Wildman–Crippen LogP) is 3.08. The summed E-state index contributed by atoms with van der Waals surface area (Å²) in [6.45, 7) is 0. The molecule has 0 aliphatic carbocycles. The maximum atomic E-state index is 12.3. The van der Waals surface area contributed by atoms with Gasteiger partial charge in [0.1, 0.15) is 0 Å². The van der Waals surface area contributed by atoms with Crippen molar-refractivity contribution in [1.29, 1.82) is 5.41 Å². The van der Waals surface area contributed by atoms with Gasteiger partial charge in [-0.2, -0.15) is 9.78 Å². The zero-order valence-corrected chi connectivity index (χ0v) is 12.4. The average Bonchev–Trinajstić information content (AvgIpc) is 2.49. The Hall–Kier alpha value is -2.24. The van der Waals surface area contributed by atoms with Crippen LogP contribution in [0.3, 0.4) is 0 Å². The van der Waals surface area contributed by atoms with Crippen molar-refractivity contribution in [2.75, 3.05) is 0 Å². The number of hydrogen-bond acceptors (Lipinski definition) is 4. The van der Waals surface area contributed by atoms with E-state index in [1.54, 1.807) is 36.4 Å².